The molecule has 5 nitrogen and oxygen atoms in total. The summed E-state index contributed by atoms with van der Waals surface area (Å²) in [5, 5.41) is 0. The van der Waals surface area contributed by atoms with Crippen molar-refractivity contribution in [2.45, 2.75) is 25.8 Å². The molecule has 2 saturated heterocycles. The average Bonchev–Trinajstić information content (AvgIpc) is 2.63. The summed E-state index contributed by atoms with van der Waals surface area (Å²) in [6.07, 6.45) is 0.894. The zero-order valence-electron chi connectivity index (χ0n) is 14.9. The predicted octanol–water partition coefficient (Wildman–Crippen LogP) is 1.90. The molecule has 0 saturated carbocycles. The number of likely N-dealkylation sites (N-methyl/N-ethyl adjacent to an activating group) is 1. The van der Waals surface area contributed by atoms with Crippen LogP contribution in [-0.4, -0.2) is 66.3 Å². The molecule has 3 rings (SSSR count). The Kier molecular flexibility index (Phi) is 5.37. The van der Waals surface area contributed by atoms with Gasteiger partial charge in [-0.15, -0.1) is 0 Å². The lowest BCUT2D eigenvalue weighted by atomic mass is 9.83. The molecule has 25 heavy (non-hydrogen) atoms. The van der Waals surface area contributed by atoms with E-state index in [2.05, 4.69) is 11.8 Å². The minimum atomic E-state index is -0.395. The van der Waals surface area contributed by atoms with E-state index in [9.17, 15) is 14.0 Å². The fraction of sp³-hybridized carbons (Fsp3) is 0.579. The van der Waals surface area contributed by atoms with Crippen LogP contribution in [0.25, 0.3) is 0 Å². The third kappa shape index (κ3) is 3.68. The summed E-state index contributed by atoms with van der Waals surface area (Å²) in [6.45, 7) is 6.32. The number of hydrogen-bond donors (Lipinski definition) is 0. The molecule has 1 aromatic rings. The molecule has 2 heterocycles. The fourth-order valence-corrected chi connectivity index (χ4v) is 3.96. The van der Waals surface area contributed by atoms with Crippen molar-refractivity contribution in [3.8, 4) is 0 Å². The van der Waals surface area contributed by atoms with E-state index in [0.717, 1.165) is 32.7 Å². The van der Waals surface area contributed by atoms with Gasteiger partial charge in [-0.1, -0.05) is 19.1 Å². The standard InChI is InChI=1S/C19H26FN3O2/c1-3-22-9-11-23(12-10-22)19(25)16-7-8-17(24)21(2)18(16)14-5-4-6-15(20)13-14/h4-6,13,16,18H,3,7-12H2,1-2H3. The smallest absolute Gasteiger partial charge is 0.228 e. The zero-order chi connectivity index (χ0) is 18.0. The normalized spacial score (nSPS) is 25.3. The van der Waals surface area contributed by atoms with Gasteiger partial charge in [-0.25, -0.2) is 4.39 Å². The molecule has 0 bridgehead atoms. The number of nitrogens with zero attached hydrogens (tertiary/aromatic N) is 3. The van der Waals surface area contributed by atoms with Gasteiger partial charge in [0.15, 0.2) is 0 Å². The lowest BCUT2D eigenvalue weighted by molar-refractivity contribution is -0.147. The van der Waals surface area contributed by atoms with Crippen LogP contribution in [0, 0.1) is 11.7 Å². The predicted molar refractivity (Wildman–Crippen MR) is 93.3 cm³/mol. The molecule has 136 valence electrons. The van der Waals surface area contributed by atoms with Crippen molar-refractivity contribution in [3.63, 3.8) is 0 Å². The first-order valence-corrected chi connectivity index (χ1v) is 9.03. The van der Waals surface area contributed by atoms with Crippen molar-refractivity contribution in [1.29, 1.82) is 0 Å². The highest BCUT2D eigenvalue weighted by Gasteiger charge is 2.41. The SMILES string of the molecule is CCN1CCN(C(=O)C2CCC(=O)N(C)C2c2cccc(F)c2)CC1. The van der Waals surface area contributed by atoms with Gasteiger partial charge in [0.2, 0.25) is 11.8 Å². The quantitative estimate of drug-likeness (QED) is 0.839. The van der Waals surface area contributed by atoms with Crippen molar-refractivity contribution >= 4 is 11.8 Å². The molecule has 2 aliphatic rings. The van der Waals surface area contributed by atoms with Crippen molar-refractivity contribution in [2.75, 3.05) is 39.8 Å². The number of halogens is 1. The molecule has 1 aromatic carbocycles. The summed E-state index contributed by atoms with van der Waals surface area (Å²) in [4.78, 5) is 31.2. The maximum Gasteiger partial charge on any atom is 0.228 e. The van der Waals surface area contributed by atoms with Crippen LogP contribution in [0.5, 0.6) is 0 Å². The third-order valence-electron chi connectivity index (χ3n) is 5.50. The largest absolute Gasteiger partial charge is 0.340 e. The number of carbonyl (C=O) groups is 2. The first kappa shape index (κ1) is 17.9. The van der Waals surface area contributed by atoms with Crippen LogP contribution in [0.15, 0.2) is 24.3 Å². The summed E-state index contributed by atoms with van der Waals surface area (Å²) in [7, 11) is 1.71. The van der Waals surface area contributed by atoms with Crippen molar-refractivity contribution in [3.05, 3.63) is 35.6 Å². The first-order chi connectivity index (χ1) is 12.0. The highest BCUT2D eigenvalue weighted by atomic mass is 19.1. The lowest BCUT2D eigenvalue weighted by Gasteiger charge is -2.42. The molecular weight excluding hydrogens is 321 g/mol. The number of amides is 2. The van der Waals surface area contributed by atoms with Crippen molar-refractivity contribution in [1.82, 2.24) is 14.7 Å². The second-order valence-corrected chi connectivity index (χ2v) is 6.91. The summed E-state index contributed by atoms with van der Waals surface area (Å²) in [5.74, 6) is -0.553. The third-order valence-corrected chi connectivity index (χ3v) is 5.50. The summed E-state index contributed by atoms with van der Waals surface area (Å²) in [5.41, 5.74) is 0.695. The molecule has 2 atom stereocenters. The molecule has 2 fully saturated rings. The van der Waals surface area contributed by atoms with Gasteiger partial charge in [0.25, 0.3) is 0 Å². The van der Waals surface area contributed by atoms with Gasteiger partial charge in [0.1, 0.15) is 5.82 Å². The number of piperazine rings is 1. The minimum absolute atomic E-state index is 0.00844. The average molecular weight is 347 g/mol. The molecule has 0 N–H and O–H groups in total. The zero-order valence-corrected chi connectivity index (χ0v) is 14.9. The van der Waals surface area contributed by atoms with Crippen molar-refractivity contribution in [2.24, 2.45) is 5.92 Å². The maximum atomic E-state index is 13.7. The Morgan fingerprint density at radius 3 is 2.60 bits per heavy atom. The van der Waals surface area contributed by atoms with E-state index in [4.69, 9.17) is 0 Å². The number of piperidine rings is 1. The molecule has 6 heteroatoms. The van der Waals surface area contributed by atoms with E-state index in [1.807, 2.05) is 4.90 Å². The van der Waals surface area contributed by atoms with Crippen LogP contribution >= 0.6 is 0 Å². The number of rotatable bonds is 3. The Balaban J connectivity index is 1.82. The van der Waals surface area contributed by atoms with Gasteiger partial charge < -0.3 is 14.7 Å². The van der Waals surface area contributed by atoms with Gasteiger partial charge in [0.05, 0.1) is 12.0 Å². The van der Waals surface area contributed by atoms with Gasteiger partial charge in [-0.2, -0.15) is 0 Å². The van der Waals surface area contributed by atoms with E-state index in [-0.39, 0.29) is 23.5 Å². The summed E-state index contributed by atoms with van der Waals surface area (Å²) < 4.78 is 13.7. The van der Waals surface area contributed by atoms with E-state index in [1.165, 1.54) is 12.1 Å². The van der Waals surface area contributed by atoms with Crippen LogP contribution in [0.3, 0.4) is 0 Å². The molecule has 0 spiro atoms. The molecule has 0 aromatic heterocycles. The van der Waals surface area contributed by atoms with Gasteiger partial charge in [-0.05, 0) is 30.7 Å². The number of likely N-dealkylation sites (tertiary alicyclic amines) is 1. The summed E-state index contributed by atoms with van der Waals surface area (Å²) in [6, 6.07) is 5.87. The maximum absolute atomic E-state index is 13.7. The summed E-state index contributed by atoms with van der Waals surface area (Å²) >= 11 is 0. The van der Waals surface area contributed by atoms with Crippen LogP contribution in [0.1, 0.15) is 31.4 Å². The topological polar surface area (TPSA) is 43.9 Å². The Hall–Kier alpha value is -1.95. The Labute approximate surface area is 148 Å². The lowest BCUT2D eigenvalue weighted by Crippen LogP contribution is -2.53. The van der Waals surface area contributed by atoms with E-state index in [1.54, 1.807) is 24.1 Å². The molecule has 2 aliphatic heterocycles. The number of carbonyl (C=O) groups excluding carboxylic acids is 2. The Morgan fingerprint density at radius 2 is 1.96 bits per heavy atom. The van der Waals surface area contributed by atoms with Gasteiger partial charge >= 0.3 is 0 Å². The molecule has 0 radical (unpaired) electrons. The molecular formula is C19H26FN3O2. The van der Waals surface area contributed by atoms with Gasteiger partial charge in [-0.3, -0.25) is 9.59 Å². The number of hydrogen-bond acceptors (Lipinski definition) is 3. The second-order valence-electron chi connectivity index (χ2n) is 6.91. The van der Waals surface area contributed by atoms with E-state index in [0.29, 0.717) is 18.4 Å². The van der Waals surface area contributed by atoms with Crippen molar-refractivity contribution < 1.29 is 14.0 Å². The minimum Gasteiger partial charge on any atom is -0.340 e. The Bertz CT molecular complexity index is 643. The highest BCUT2D eigenvalue weighted by Crippen LogP contribution is 2.37. The fourth-order valence-electron chi connectivity index (χ4n) is 3.96. The Morgan fingerprint density at radius 1 is 1.24 bits per heavy atom. The van der Waals surface area contributed by atoms with Crippen LogP contribution in [0.4, 0.5) is 4.39 Å². The van der Waals surface area contributed by atoms with Crippen LogP contribution in [0.2, 0.25) is 0 Å². The van der Waals surface area contributed by atoms with E-state index < -0.39 is 6.04 Å². The van der Waals surface area contributed by atoms with E-state index >= 15 is 0 Å². The first-order valence-electron chi connectivity index (χ1n) is 9.03. The second kappa shape index (κ2) is 7.52. The van der Waals surface area contributed by atoms with Gasteiger partial charge in [0, 0.05) is 39.6 Å². The molecule has 2 amide bonds. The molecule has 0 aliphatic carbocycles. The number of benzene rings is 1. The van der Waals surface area contributed by atoms with Crippen LogP contribution < -0.4 is 0 Å². The molecule has 2 unspecified atom stereocenters. The highest BCUT2D eigenvalue weighted by molar-refractivity contribution is 5.85. The van der Waals surface area contributed by atoms with Crippen LogP contribution in [-0.2, 0) is 9.59 Å². The monoisotopic (exact) mass is 347 g/mol.